The van der Waals surface area contributed by atoms with Gasteiger partial charge in [-0.3, -0.25) is 4.79 Å². The Kier molecular flexibility index (Phi) is 4.55. The lowest BCUT2D eigenvalue weighted by Crippen LogP contribution is -2.38. The van der Waals surface area contributed by atoms with Gasteiger partial charge < -0.3 is 15.8 Å². The molecule has 1 saturated heterocycles. The van der Waals surface area contributed by atoms with E-state index in [1.807, 2.05) is 0 Å². The molecule has 1 rings (SSSR count). The van der Waals surface area contributed by atoms with E-state index in [0.717, 1.165) is 12.8 Å². The minimum absolute atomic E-state index is 0.119. The number of ether oxygens (including phenoxy) is 1. The Morgan fingerprint density at radius 1 is 1.47 bits per heavy atom. The van der Waals surface area contributed by atoms with E-state index in [1.54, 1.807) is 6.92 Å². The van der Waals surface area contributed by atoms with Gasteiger partial charge in [-0.1, -0.05) is 0 Å². The van der Waals surface area contributed by atoms with Crippen LogP contribution < -0.4 is 11.1 Å². The van der Waals surface area contributed by atoms with E-state index in [9.17, 15) is 9.59 Å². The largest absolute Gasteiger partial charge is 0.461 e. The zero-order chi connectivity index (χ0) is 11.3. The zero-order valence-electron chi connectivity index (χ0n) is 8.99. The average molecular weight is 214 g/mol. The van der Waals surface area contributed by atoms with Gasteiger partial charge in [0, 0.05) is 0 Å². The number of esters is 1. The summed E-state index contributed by atoms with van der Waals surface area (Å²) in [7, 11) is 0. The predicted octanol–water partition coefficient (Wildman–Crippen LogP) is -0.0644. The molecule has 5 nitrogen and oxygen atoms in total. The summed E-state index contributed by atoms with van der Waals surface area (Å²) >= 11 is 0. The molecule has 0 bridgehead atoms. The molecule has 1 aliphatic heterocycles. The van der Waals surface area contributed by atoms with E-state index in [4.69, 9.17) is 10.5 Å². The molecule has 0 aromatic rings. The molecule has 1 fully saturated rings. The minimum Gasteiger partial charge on any atom is -0.461 e. The molecule has 0 aromatic heterocycles. The van der Waals surface area contributed by atoms with Gasteiger partial charge in [0.2, 0.25) is 5.91 Å². The number of nitrogens with two attached hydrogens (primary N) is 1. The monoisotopic (exact) mass is 214 g/mol. The zero-order valence-corrected chi connectivity index (χ0v) is 8.99. The normalized spacial score (nSPS) is 26.8. The first-order chi connectivity index (χ1) is 7.13. The Bertz CT molecular complexity index is 243. The highest BCUT2D eigenvalue weighted by atomic mass is 16.5. The highest BCUT2D eigenvalue weighted by Gasteiger charge is 2.28. The van der Waals surface area contributed by atoms with E-state index in [1.165, 1.54) is 0 Å². The number of nitrogens with one attached hydrogen (secondary N) is 1. The fourth-order valence-corrected chi connectivity index (χ4v) is 1.58. The van der Waals surface area contributed by atoms with Crippen LogP contribution in [0.3, 0.4) is 0 Å². The smallest absolute Gasteiger partial charge is 0.328 e. The number of unbranched alkanes of at least 4 members (excludes halogenated alkanes) is 1. The minimum atomic E-state index is -0.492. The third-order valence-electron chi connectivity index (χ3n) is 2.36. The molecule has 5 heteroatoms. The van der Waals surface area contributed by atoms with Crippen molar-refractivity contribution < 1.29 is 14.3 Å². The second-order valence-corrected chi connectivity index (χ2v) is 3.86. The van der Waals surface area contributed by atoms with Gasteiger partial charge in [0.25, 0.3) is 0 Å². The van der Waals surface area contributed by atoms with E-state index in [-0.39, 0.29) is 24.4 Å². The summed E-state index contributed by atoms with van der Waals surface area (Å²) in [5.41, 5.74) is 5.36. The summed E-state index contributed by atoms with van der Waals surface area (Å²) in [4.78, 5) is 22.8. The highest BCUT2D eigenvalue weighted by molar-refractivity contribution is 5.86. The van der Waals surface area contributed by atoms with Crippen LogP contribution in [0.2, 0.25) is 0 Å². The SMILES string of the molecule is CC1CC(=O)NC(CCCCN)C(=O)O1. The summed E-state index contributed by atoms with van der Waals surface area (Å²) in [6, 6.07) is -0.492. The van der Waals surface area contributed by atoms with Gasteiger partial charge in [0.1, 0.15) is 12.1 Å². The lowest BCUT2D eigenvalue weighted by atomic mass is 10.1. The van der Waals surface area contributed by atoms with E-state index >= 15 is 0 Å². The average Bonchev–Trinajstić information content (AvgIpc) is 2.26. The van der Waals surface area contributed by atoms with Crippen molar-refractivity contribution >= 4 is 11.9 Å². The Balaban J connectivity index is 2.46. The Hall–Kier alpha value is -1.10. The summed E-state index contributed by atoms with van der Waals surface area (Å²) in [5, 5.41) is 2.66. The van der Waals surface area contributed by atoms with Crippen molar-refractivity contribution in [3.8, 4) is 0 Å². The second kappa shape index (κ2) is 5.70. The molecule has 0 spiro atoms. The van der Waals surface area contributed by atoms with Crippen LogP contribution in [0, 0.1) is 0 Å². The summed E-state index contributed by atoms with van der Waals surface area (Å²) in [6.45, 7) is 2.33. The molecule has 1 amide bonds. The summed E-state index contributed by atoms with van der Waals surface area (Å²) in [5.74, 6) is -0.448. The van der Waals surface area contributed by atoms with Crippen LogP contribution in [0.25, 0.3) is 0 Å². The standard InChI is InChI=1S/C10H18N2O3/c1-7-6-9(13)12-8(10(14)15-7)4-2-3-5-11/h7-8H,2-6,11H2,1H3,(H,12,13). The van der Waals surface area contributed by atoms with Crippen molar-refractivity contribution in [1.29, 1.82) is 0 Å². The molecule has 2 unspecified atom stereocenters. The molecule has 1 aliphatic rings. The third-order valence-corrected chi connectivity index (χ3v) is 2.36. The molecule has 86 valence electrons. The molecule has 1 heterocycles. The fraction of sp³-hybridized carbons (Fsp3) is 0.800. The number of hydrogen-bond donors (Lipinski definition) is 2. The molecular formula is C10H18N2O3. The van der Waals surface area contributed by atoms with Crippen molar-refractivity contribution in [1.82, 2.24) is 5.32 Å². The molecule has 0 radical (unpaired) electrons. The van der Waals surface area contributed by atoms with Gasteiger partial charge in [0.05, 0.1) is 6.42 Å². The van der Waals surface area contributed by atoms with Gasteiger partial charge in [-0.15, -0.1) is 0 Å². The van der Waals surface area contributed by atoms with Gasteiger partial charge in [-0.25, -0.2) is 4.79 Å². The molecule has 3 N–H and O–H groups in total. The van der Waals surface area contributed by atoms with E-state index in [2.05, 4.69) is 5.32 Å². The fourth-order valence-electron chi connectivity index (χ4n) is 1.58. The predicted molar refractivity (Wildman–Crippen MR) is 55.0 cm³/mol. The number of rotatable bonds is 4. The quantitative estimate of drug-likeness (QED) is 0.507. The van der Waals surface area contributed by atoms with Gasteiger partial charge in [0.15, 0.2) is 0 Å². The maximum atomic E-state index is 11.5. The maximum Gasteiger partial charge on any atom is 0.328 e. The van der Waals surface area contributed by atoms with Crippen LogP contribution >= 0.6 is 0 Å². The van der Waals surface area contributed by atoms with Gasteiger partial charge in [-0.2, -0.15) is 0 Å². The Labute approximate surface area is 89.3 Å². The first-order valence-electron chi connectivity index (χ1n) is 5.33. The van der Waals surface area contributed by atoms with Gasteiger partial charge in [-0.05, 0) is 32.7 Å². The number of carbonyl (C=O) groups is 2. The Morgan fingerprint density at radius 2 is 2.20 bits per heavy atom. The molecule has 2 atom stereocenters. The number of amides is 1. The summed E-state index contributed by atoms with van der Waals surface area (Å²) in [6.07, 6.45) is 2.21. The van der Waals surface area contributed by atoms with E-state index in [0.29, 0.717) is 13.0 Å². The molecule has 15 heavy (non-hydrogen) atoms. The van der Waals surface area contributed by atoms with E-state index < -0.39 is 6.04 Å². The van der Waals surface area contributed by atoms with Crippen molar-refractivity contribution in [2.24, 2.45) is 5.73 Å². The molecule has 0 saturated carbocycles. The molecule has 0 aromatic carbocycles. The van der Waals surface area contributed by atoms with Crippen molar-refractivity contribution in [2.75, 3.05) is 6.54 Å². The van der Waals surface area contributed by atoms with Crippen LogP contribution in [-0.4, -0.2) is 30.6 Å². The first-order valence-corrected chi connectivity index (χ1v) is 5.33. The summed E-state index contributed by atoms with van der Waals surface area (Å²) < 4.78 is 5.07. The lowest BCUT2D eigenvalue weighted by Gasteiger charge is -2.13. The third kappa shape index (κ3) is 3.87. The number of carbonyl (C=O) groups excluding carboxylic acids is 2. The van der Waals surface area contributed by atoms with Crippen LogP contribution in [0.4, 0.5) is 0 Å². The van der Waals surface area contributed by atoms with Crippen molar-refractivity contribution in [2.45, 2.75) is 44.8 Å². The Morgan fingerprint density at radius 3 is 2.87 bits per heavy atom. The van der Waals surface area contributed by atoms with Crippen molar-refractivity contribution in [3.63, 3.8) is 0 Å². The van der Waals surface area contributed by atoms with Crippen LogP contribution in [-0.2, 0) is 14.3 Å². The number of hydrogen-bond acceptors (Lipinski definition) is 4. The lowest BCUT2D eigenvalue weighted by molar-refractivity contribution is -0.149. The van der Waals surface area contributed by atoms with Crippen LogP contribution in [0.15, 0.2) is 0 Å². The first kappa shape index (κ1) is 12.0. The molecule has 0 aliphatic carbocycles. The highest BCUT2D eigenvalue weighted by Crippen LogP contribution is 2.10. The second-order valence-electron chi connectivity index (χ2n) is 3.86. The maximum absolute atomic E-state index is 11.5. The van der Waals surface area contributed by atoms with Crippen LogP contribution in [0.1, 0.15) is 32.6 Å². The van der Waals surface area contributed by atoms with Crippen LogP contribution in [0.5, 0.6) is 0 Å². The molecular weight excluding hydrogens is 196 g/mol. The number of cyclic esters (lactones) is 1. The van der Waals surface area contributed by atoms with Gasteiger partial charge >= 0.3 is 5.97 Å². The van der Waals surface area contributed by atoms with Crippen molar-refractivity contribution in [3.05, 3.63) is 0 Å². The topological polar surface area (TPSA) is 81.4 Å².